The average molecular weight is 423 g/mol. The van der Waals surface area contributed by atoms with E-state index in [0.717, 1.165) is 23.3 Å². The van der Waals surface area contributed by atoms with Crippen LogP contribution in [0.25, 0.3) is 0 Å². The Hall–Kier alpha value is -2.95. The van der Waals surface area contributed by atoms with Crippen LogP contribution in [-0.4, -0.2) is 77.5 Å². The lowest BCUT2D eigenvalue weighted by molar-refractivity contribution is -0.0693. The number of nitrogens with one attached hydrogen (secondary N) is 1. The number of allylic oxidation sites excluding steroid dienone is 2. The zero-order chi connectivity index (χ0) is 21.6. The van der Waals surface area contributed by atoms with Gasteiger partial charge >= 0.3 is 6.18 Å². The molecule has 1 atom stereocenters. The van der Waals surface area contributed by atoms with E-state index in [-0.39, 0.29) is 13.1 Å². The predicted molar refractivity (Wildman–Crippen MR) is 110 cm³/mol. The summed E-state index contributed by atoms with van der Waals surface area (Å²) < 4.78 is 39.4. The number of anilines is 2. The fourth-order valence-corrected chi connectivity index (χ4v) is 3.33. The summed E-state index contributed by atoms with van der Waals surface area (Å²) in [5.74, 6) is 0.100. The van der Waals surface area contributed by atoms with E-state index in [1.165, 1.54) is 6.33 Å². The minimum Gasteiger partial charge on any atom is -0.387 e. The second-order valence-electron chi connectivity index (χ2n) is 6.88. The van der Waals surface area contributed by atoms with Crippen LogP contribution < -0.4 is 10.2 Å². The summed E-state index contributed by atoms with van der Waals surface area (Å²) in [6.07, 6.45) is 4.00. The lowest BCUT2D eigenvalue weighted by atomic mass is 10.0. The normalized spacial score (nSPS) is 18.8. The van der Waals surface area contributed by atoms with Gasteiger partial charge in [0.2, 0.25) is 5.84 Å². The topological polar surface area (TPSA) is 89.2 Å². The van der Waals surface area contributed by atoms with Crippen LogP contribution in [0.4, 0.5) is 24.8 Å². The molecule has 0 saturated carbocycles. The fourth-order valence-electron chi connectivity index (χ4n) is 3.33. The van der Waals surface area contributed by atoms with Crippen molar-refractivity contribution < 1.29 is 18.3 Å². The Labute approximate surface area is 172 Å². The number of hydrogen-bond acceptors (Lipinski definition) is 7. The molecule has 2 aliphatic rings. The zero-order valence-electron chi connectivity index (χ0n) is 16.4. The Morgan fingerprint density at radius 2 is 2.00 bits per heavy atom. The van der Waals surface area contributed by atoms with Gasteiger partial charge in [-0.2, -0.15) is 18.3 Å². The number of aliphatic hydroxyl groups excluding tert-OH is 1. The van der Waals surface area contributed by atoms with Crippen LogP contribution in [0.1, 0.15) is 12.8 Å². The van der Waals surface area contributed by atoms with Gasteiger partial charge < -0.3 is 20.2 Å². The fraction of sp³-hybridized carbons (Fsp3) is 0.474. The minimum atomic E-state index is -4.58. The summed E-state index contributed by atoms with van der Waals surface area (Å²) in [7, 11) is 0. The number of rotatable bonds is 6. The lowest BCUT2D eigenvalue weighted by Crippen LogP contribution is -2.52. The molecule has 1 saturated heterocycles. The first kappa shape index (κ1) is 21.8. The van der Waals surface area contributed by atoms with Gasteiger partial charge in [0.15, 0.2) is 0 Å². The van der Waals surface area contributed by atoms with E-state index in [0.29, 0.717) is 31.3 Å². The molecule has 30 heavy (non-hydrogen) atoms. The van der Waals surface area contributed by atoms with Crippen LogP contribution in [0.5, 0.6) is 0 Å². The molecule has 0 radical (unpaired) electrons. The molecule has 1 unspecified atom stereocenters. The summed E-state index contributed by atoms with van der Waals surface area (Å²) in [5, 5.41) is 19.6. The first-order valence-corrected chi connectivity index (χ1v) is 9.60. The number of nitrogens with zero attached hydrogens (tertiary/aromatic N) is 6. The quantitative estimate of drug-likeness (QED) is 0.414. The zero-order valence-corrected chi connectivity index (χ0v) is 16.4. The summed E-state index contributed by atoms with van der Waals surface area (Å²) >= 11 is 0. The predicted octanol–water partition coefficient (Wildman–Crippen LogP) is 2.22. The molecular weight excluding hydrogens is 399 g/mol. The van der Waals surface area contributed by atoms with Gasteiger partial charge in [-0.1, -0.05) is 18.2 Å². The molecule has 11 heteroatoms. The molecule has 0 spiro atoms. The number of alkyl halides is 3. The van der Waals surface area contributed by atoms with Gasteiger partial charge in [0.25, 0.3) is 0 Å². The van der Waals surface area contributed by atoms with E-state index in [4.69, 9.17) is 0 Å². The molecule has 3 rings (SSSR count). The number of piperazine rings is 1. The van der Waals surface area contributed by atoms with Crippen LogP contribution in [0.2, 0.25) is 0 Å². The second kappa shape index (κ2) is 9.70. The monoisotopic (exact) mass is 423 g/mol. The number of aliphatic hydroxyl groups is 1. The molecule has 1 aliphatic heterocycles. The Morgan fingerprint density at radius 1 is 1.23 bits per heavy atom. The Balaban J connectivity index is 1.58. The standard InChI is InChI=1S/C19H24F3N7O/c1-23-27-18(19(20,21)22)29-9-7-28(8-10-29)17-11-16(25-13-26-17)24-12-15(30)14-5-3-2-4-6-14/h3,5-6,11,13,15,30H,1-2,4,7-10,12H2,(H,24,25,26)/b27-18-. The van der Waals surface area contributed by atoms with Crippen LogP contribution >= 0.6 is 0 Å². The third-order valence-corrected chi connectivity index (χ3v) is 4.86. The summed E-state index contributed by atoms with van der Waals surface area (Å²) in [6.45, 7) is 4.23. The minimum absolute atomic E-state index is 0.125. The molecule has 0 bridgehead atoms. The first-order valence-electron chi connectivity index (χ1n) is 9.60. The van der Waals surface area contributed by atoms with Crippen LogP contribution in [0, 0.1) is 0 Å². The molecule has 1 aromatic rings. The van der Waals surface area contributed by atoms with Crippen molar-refractivity contribution in [2.45, 2.75) is 25.1 Å². The average Bonchev–Trinajstić information content (AvgIpc) is 2.76. The highest BCUT2D eigenvalue weighted by Gasteiger charge is 2.41. The van der Waals surface area contributed by atoms with E-state index >= 15 is 0 Å². The summed E-state index contributed by atoms with van der Waals surface area (Å²) in [6, 6.07) is 1.72. The Morgan fingerprint density at radius 3 is 2.63 bits per heavy atom. The maximum absolute atomic E-state index is 13.1. The molecule has 2 heterocycles. The number of halogens is 3. The first-order chi connectivity index (χ1) is 14.4. The van der Waals surface area contributed by atoms with Crippen molar-refractivity contribution in [3.8, 4) is 0 Å². The molecular formula is C19H24F3N7O. The maximum atomic E-state index is 13.1. The van der Waals surface area contributed by atoms with Crippen LogP contribution in [0.15, 0.2) is 46.4 Å². The van der Waals surface area contributed by atoms with Gasteiger partial charge in [-0.15, -0.1) is 5.10 Å². The van der Waals surface area contributed by atoms with E-state index < -0.39 is 18.1 Å². The molecule has 2 N–H and O–H groups in total. The highest BCUT2D eigenvalue weighted by Crippen LogP contribution is 2.23. The molecule has 8 nitrogen and oxygen atoms in total. The molecule has 1 fully saturated rings. The van der Waals surface area contributed by atoms with Gasteiger partial charge in [0.1, 0.15) is 18.0 Å². The van der Waals surface area contributed by atoms with Gasteiger partial charge in [0.05, 0.1) is 6.10 Å². The van der Waals surface area contributed by atoms with Crippen LogP contribution in [-0.2, 0) is 0 Å². The van der Waals surface area contributed by atoms with Crippen molar-refractivity contribution in [3.05, 3.63) is 36.2 Å². The van der Waals surface area contributed by atoms with E-state index in [1.807, 2.05) is 23.1 Å². The van der Waals surface area contributed by atoms with Crippen LogP contribution in [0.3, 0.4) is 0 Å². The number of aromatic nitrogens is 2. The Kier molecular flexibility index (Phi) is 7.03. The largest absolute Gasteiger partial charge is 0.451 e. The molecule has 0 aromatic carbocycles. The summed E-state index contributed by atoms with van der Waals surface area (Å²) in [4.78, 5) is 11.4. The van der Waals surface area contributed by atoms with Crippen molar-refractivity contribution in [3.63, 3.8) is 0 Å². The number of amidine groups is 1. The second-order valence-corrected chi connectivity index (χ2v) is 6.88. The van der Waals surface area contributed by atoms with E-state index in [9.17, 15) is 18.3 Å². The highest BCUT2D eigenvalue weighted by atomic mass is 19.4. The van der Waals surface area contributed by atoms with Crippen molar-refractivity contribution in [1.82, 2.24) is 14.9 Å². The van der Waals surface area contributed by atoms with E-state index in [1.54, 1.807) is 6.07 Å². The van der Waals surface area contributed by atoms with Crippen molar-refractivity contribution in [1.29, 1.82) is 0 Å². The third kappa shape index (κ3) is 5.56. The van der Waals surface area contributed by atoms with Gasteiger partial charge in [-0.3, -0.25) is 0 Å². The van der Waals surface area contributed by atoms with E-state index in [2.05, 4.69) is 32.2 Å². The number of hydrogen-bond donors (Lipinski definition) is 2. The van der Waals surface area contributed by atoms with Crippen molar-refractivity contribution in [2.75, 3.05) is 42.9 Å². The maximum Gasteiger partial charge on any atom is 0.451 e. The molecule has 1 aromatic heterocycles. The summed E-state index contributed by atoms with van der Waals surface area (Å²) in [5.41, 5.74) is 0.871. The van der Waals surface area contributed by atoms with Gasteiger partial charge in [0, 0.05) is 45.5 Å². The highest BCUT2D eigenvalue weighted by molar-refractivity contribution is 5.87. The van der Waals surface area contributed by atoms with Crippen molar-refractivity contribution >= 4 is 24.2 Å². The van der Waals surface area contributed by atoms with Crippen molar-refractivity contribution in [2.24, 2.45) is 10.2 Å². The smallest absolute Gasteiger partial charge is 0.387 e. The third-order valence-electron chi connectivity index (χ3n) is 4.86. The molecule has 1 aliphatic carbocycles. The SMILES string of the molecule is C=N/N=C(\N1CCN(c2cc(NCC(O)C3=CCCC=C3)ncn2)CC1)C(F)(F)F. The van der Waals surface area contributed by atoms with Gasteiger partial charge in [-0.05, 0) is 18.4 Å². The lowest BCUT2D eigenvalue weighted by Gasteiger charge is -2.37. The molecule has 162 valence electrons. The van der Waals surface area contributed by atoms with Gasteiger partial charge in [-0.25, -0.2) is 9.97 Å². The Bertz CT molecular complexity index is 830. The molecule has 0 amide bonds.